The Bertz CT molecular complexity index is 868. The van der Waals surface area contributed by atoms with Crippen LogP contribution in [0.1, 0.15) is 12.5 Å². The Labute approximate surface area is 148 Å². The molecule has 1 amide bonds. The average molecular weight is 359 g/mol. The van der Waals surface area contributed by atoms with Crippen LogP contribution in [0.2, 0.25) is 0 Å². The van der Waals surface area contributed by atoms with E-state index in [1.165, 1.54) is 13.0 Å². The molecule has 3 rings (SSSR count). The van der Waals surface area contributed by atoms with Crippen LogP contribution in [0.15, 0.2) is 18.2 Å². The standard InChI is InChI=1S/C17H15F2N5O2/c1-10(25)21-17-22-15(8-16(23-17)24-2-4-26-5-3-24)11-6-13(18)12(9-20)14(19)7-11/h6-8H,2-5H2,1H3,(H,21,22,23,25). The van der Waals surface area contributed by atoms with Gasteiger partial charge in [-0.25, -0.2) is 13.8 Å². The first kappa shape index (κ1) is 17.7. The number of hydrogen-bond donors (Lipinski definition) is 1. The van der Waals surface area contributed by atoms with Crippen molar-refractivity contribution in [2.75, 3.05) is 36.5 Å². The zero-order valence-corrected chi connectivity index (χ0v) is 13.9. The predicted octanol–water partition coefficient (Wildman–Crippen LogP) is 2.09. The number of amides is 1. The summed E-state index contributed by atoms with van der Waals surface area (Å²) in [6.07, 6.45) is 0. The molecule has 0 spiro atoms. The number of rotatable bonds is 3. The van der Waals surface area contributed by atoms with Crippen LogP contribution in [0.4, 0.5) is 20.5 Å². The van der Waals surface area contributed by atoms with Crippen molar-refractivity contribution in [3.8, 4) is 17.3 Å². The van der Waals surface area contributed by atoms with E-state index in [-0.39, 0.29) is 23.1 Å². The molecule has 134 valence electrons. The molecule has 2 aromatic rings. The van der Waals surface area contributed by atoms with Crippen molar-refractivity contribution in [2.45, 2.75) is 6.92 Å². The number of nitriles is 1. The molecule has 26 heavy (non-hydrogen) atoms. The third-order valence-corrected chi connectivity index (χ3v) is 3.79. The smallest absolute Gasteiger partial charge is 0.231 e. The first-order valence-corrected chi connectivity index (χ1v) is 7.87. The normalized spacial score (nSPS) is 14.0. The number of halogens is 2. The first-order chi connectivity index (χ1) is 12.5. The molecule has 1 fully saturated rings. The minimum Gasteiger partial charge on any atom is -0.378 e. The molecule has 7 nitrogen and oxygen atoms in total. The Kier molecular flexibility index (Phi) is 5.04. The summed E-state index contributed by atoms with van der Waals surface area (Å²) in [5.74, 6) is -1.79. The highest BCUT2D eigenvalue weighted by atomic mass is 19.1. The van der Waals surface area contributed by atoms with Crippen molar-refractivity contribution in [1.82, 2.24) is 9.97 Å². The maximum atomic E-state index is 14.0. The fraction of sp³-hybridized carbons (Fsp3) is 0.294. The topological polar surface area (TPSA) is 91.1 Å². The summed E-state index contributed by atoms with van der Waals surface area (Å²) in [5.41, 5.74) is -0.284. The molecule has 0 unspecified atom stereocenters. The zero-order chi connectivity index (χ0) is 18.7. The van der Waals surface area contributed by atoms with Crippen LogP contribution in [-0.2, 0) is 9.53 Å². The molecular weight excluding hydrogens is 344 g/mol. The van der Waals surface area contributed by atoms with Crippen molar-refractivity contribution in [1.29, 1.82) is 5.26 Å². The molecule has 2 heterocycles. The lowest BCUT2D eigenvalue weighted by atomic mass is 10.1. The number of aromatic nitrogens is 2. The first-order valence-electron chi connectivity index (χ1n) is 7.87. The van der Waals surface area contributed by atoms with Crippen LogP contribution in [0.25, 0.3) is 11.3 Å². The number of nitrogens with zero attached hydrogens (tertiary/aromatic N) is 4. The van der Waals surface area contributed by atoms with Gasteiger partial charge in [0.15, 0.2) is 0 Å². The minimum atomic E-state index is -0.977. The van der Waals surface area contributed by atoms with E-state index < -0.39 is 17.2 Å². The number of benzene rings is 1. The molecule has 1 aliphatic heterocycles. The van der Waals surface area contributed by atoms with Gasteiger partial charge >= 0.3 is 0 Å². The van der Waals surface area contributed by atoms with Gasteiger partial charge < -0.3 is 9.64 Å². The highest BCUT2D eigenvalue weighted by Gasteiger charge is 2.18. The molecule has 1 aromatic heterocycles. The largest absolute Gasteiger partial charge is 0.378 e. The van der Waals surface area contributed by atoms with E-state index in [9.17, 15) is 13.6 Å². The number of carbonyl (C=O) groups excluding carboxylic acids is 1. The van der Waals surface area contributed by atoms with Crippen LogP contribution >= 0.6 is 0 Å². The van der Waals surface area contributed by atoms with Gasteiger partial charge in [-0.05, 0) is 12.1 Å². The maximum Gasteiger partial charge on any atom is 0.231 e. The van der Waals surface area contributed by atoms with E-state index in [0.29, 0.717) is 32.1 Å². The van der Waals surface area contributed by atoms with Gasteiger partial charge in [-0.3, -0.25) is 10.1 Å². The molecule has 1 saturated heterocycles. The van der Waals surface area contributed by atoms with Crippen molar-refractivity contribution in [2.24, 2.45) is 0 Å². The lowest BCUT2D eigenvalue weighted by Crippen LogP contribution is -2.37. The van der Waals surface area contributed by atoms with E-state index in [1.807, 2.05) is 4.90 Å². The van der Waals surface area contributed by atoms with Gasteiger partial charge in [-0.2, -0.15) is 10.2 Å². The zero-order valence-electron chi connectivity index (χ0n) is 13.9. The summed E-state index contributed by atoms with van der Waals surface area (Å²) in [6.45, 7) is 3.54. The fourth-order valence-corrected chi connectivity index (χ4v) is 2.58. The maximum absolute atomic E-state index is 14.0. The highest BCUT2D eigenvalue weighted by Crippen LogP contribution is 2.27. The van der Waals surface area contributed by atoms with Gasteiger partial charge in [-0.1, -0.05) is 0 Å². The average Bonchev–Trinajstić information content (AvgIpc) is 2.61. The molecular formula is C17H15F2N5O2. The van der Waals surface area contributed by atoms with Gasteiger partial charge in [0.05, 0.1) is 18.9 Å². The van der Waals surface area contributed by atoms with E-state index in [4.69, 9.17) is 10.00 Å². The van der Waals surface area contributed by atoms with Crippen LogP contribution in [-0.4, -0.2) is 42.2 Å². The summed E-state index contributed by atoms with van der Waals surface area (Å²) in [4.78, 5) is 21.7. The number of morpholine rings is 1. The molecule has 1 N–H and O–H groups in total. The van der Waals surface area contributed by atoms with E-state index in [1.54, 1.807) is 6.07 Å². The molecule has 0 radical (unpaired) electrons. The molecule has 1 aromatic carbocycles. The van der Waals surface area contributed by atoms with Crippen LogP contribution in [0.3, 0.4) is 0 Å². The summed E-state index contributed by atoms with van der Waals surface area (Å²) < 4.78 is 33.2. The van der Waals surface area contributed by atoms with E-state index >= 15 is 0 Å². The summed E-state index contributed by atoms with van der Waals surface area (Å²) in [6, 6.07) is 5.13. The Morgan fingerprint density at radius 3 is 2.46 bits per heavy atom. The van der Waals surface area contributed by atoms with E-state index in [0.717, 1.165) is 12.1 Å². The second-order valence-corrected chi connectivity index (χ2v) is 5.64. The molecule has 1 aliphatic rings. The second kappa shape index (κ2) is 7.41. The monoisotopic (exact) mass is 359 g/mol. The quantitative estimate of drug-likeness (QED) is 0.902. The summed E-state index contributed by atoms with van der Waals surface area (Å²) in [7, 11) is 0. The van der Waals surface area contributed by atoms with Crippen molar-refractivity contribution in [3.63, 3.8) is 0 Å². The van der Waals surface area contributed by atoms with Gasteiger partial charge in [0, 0.05) is 31.6 Å². The predicted molar refractivity (Wildman–Crippen MR) is 89.4 cm³/mol. The molecule has 0 aliphatic carbocycles. The fourth-order valence-electron chi connectivity index (χ4n) is 2.58. The van der Waals surface area contributed by atoms with Crippen molar-refractivity contribution >= 4 is 17.7 Å². The minimum absolute atomic E-state index is 0.0293. The number of nitrogens with one attached hydrogen (secondary N) is 1. The third kappa shape index (κ3) is 3.75. The summed E-state index contributed by atoms with van der Waals surface area (Å²) in [5, 5.41) is 11.3. The van der Waals surface area contributed by atoms with E-state index in [2.05, 4.69) is 15.3 Å². The highest BCUT2D eigenvalue weighted by molar-refractivity contribution is 5.87. The van der Waals surface area contributed by atoms with Crippen molar-refractivity contribution in [3.05, 3.63) is 35.4 Å². The Morgan fingerprint density at radius 2 is 1.88 bits per heavy atom. The van der Waals surface area contributed by atoms with Gasteiger partial charge in [0.1, 0.15) is 29.1 Å². The Hall–Kier alpha value is -3.12. The van der Waals surface area contributed by atoms with Gasteiger partial charge in [0.25, 0.3) is 0 Å². The number of carbonyl (C=O) groups is 1. The Balaban J connectivity index is 2.08. The Morgan fingerprint density at radius 1 is 1.23 bits per heavy atom. The van der Waals surface area contributed by atoms with Crippen LogP contribution in [0.5, 0.6) is 0 Å². The molecule has 9 heteroatoms. The molecule has 0 atom stereocenters. The molecule has 0 bridgehead atoms. The van der Waals surface area contributed by atoms with Crippen LogP contribution < -0.4 is 10.2 Å². The number of ether oxygens (including phenoxy) is 1. The SMILES string of the molecule is CC(=O)Nc1nc(-c2cc(F)c(C#N)c(F)c2)cc(N2CCOCC2)n1. The van der Waals surface area contributed by atoms with Crippen molar-refractivity contribution < 1.29 is 18.3 Å². The van der Waals surface area contributed by atoms with Gasteiger partial charge in [-0.15, -0.1) is 0 Å². The second-order valence-electron chi connectivity index (χ2n) is 5.64. The van der Waals surface area contributed by atoms with Crippen LogP contribution in [0, 0.1) is 23.0 Å². The number of anilines is 2. The number of hydrogen-bond acceptors (Lipinski definition) is 6. The van der Waals surface area contributed by atoms with Gasteiger partial charge in [0.2, 0.25) is 11.9 Å². The lowest BCUT2D eigenvalue weighted by molar-refractivity contribution is -0.114. The summed E-state index contributed by atoms with van der Waals surface area (Å²) >= 11 is 0. The lowest BCUT2D eigenvalue weighted by Gasteiger charge is -2.28. The molecule has 0 saturated carbocycles. The third-order valence-electron chi connectivity index (χ3n) is 3.79.